The van der Waals surface area contributed by atoms with E-state index in [0.717, 1.165) is 19.3 Å². The van der Waals surface area contributed by atoms with E-state index in [9.17, 15) is 4.79 Å². The number of nitrogens with two attached hydrogens (primary N) is 1. The third-order valence-corrected chi connectivity index (χ3v) is 3.59. The zero-order valence-corrected chi connectivity index (χ0v) is 13.2. The number of unbranched alkanes of at least 4 members (excludes halogenated alkanes) is 5. The first kappa shape index (κ1) is 18.4. The number of ether oxygens (including phenoxy) is 1. The molecule has 0 amide bonds. The normalized spacial score (nSPS) is 11.6. The molecule has 0 heterocycles. The lowest BCUT2D eigenvalue weighted by Gasteiger charge is -2.23. The monoisotopic (exact) mass is 271 g/mol. The molecule has 3 nitrogen and oxygen atoms in total. The quantitative estimate of drug-likeness (QED) is 0.430. The van der Waals surface area contributed by atoms with Gasteiger partial charge in [-0.05, 0) is 31.2 Å². The Balaban J connectivity index is 3.44. The van der Waals surface area contributed by atoms with Crippen molar-refractivity contribution < 1.29 is 9.53 Å². The third kappa shape index (κ3) is 12.2. The van der Waals surface area contributed by atoms with Crippen molar-refractivity contribution in [3.05, 3.63) is 0 Å². The van der Waals surface area contributed by atoms with Crippen LogP contribution in [-0.2, 0) is 9.53 Å². The van der Waals surface area contributed by atoms with Crippen LogP contribution in [0.5, 0.6) is 0 Å². The zero-order valence-electron chi connectivity index (χ0n) is 13.2. The van der Waals surface area contributed by atoms with E-state index in [2.05, 4.69) is 20.8 Å². The van der Waals surface area contributed by atoms with E-state index in [1.54, 1.807) is 0 Å². The minimum Gasteiger partial charge on any atom is -0.466 e. The molecule has 0 radical (unpaired) electrons. The summed E-state index contributed by atoms with van der Waals surface area (Å²) in [5.74, 6) is -0.0568. The van der Waals surface area contributed by atoms with Crippen LogP contribution in [0.15, 0.2) is 0 Å². The largest absolute Gasteiger partial charge is 0.466 e. The molecule has 0 atom stereocenters. The summed E-state index contributed by atoms with van der Waals surface area (Å²) >= 11 is 0. The highest BCUT2D eigenvalue weighted by Crippen LogP contribution is 2.25. The molecule has 0 aromatic carbocycles. The topological polar surface area (TPSA) is 52.3 Å². The molecule has 2 N–H and O–H groups in total. The van der Waals surface area contributed by atoms with E-state index >= 15 is 0 Å². The van der Waals surface area contributed by atoms with Gasteiger partial charge in [-0.3, -0.25) is 4.79 Å². The Bertz CT molecular complexity index is 227. The van der Waals surface area contributed by atoms with Crippen molar-refractivity contribution in [2.24, 2.45) is 11.1 Å². The van der Waals surface area contributed by atoms with E-state index in [4.69, 9.17) is 10.5 Å². The zero-order chi connectivity index (χ0) is 14.6. The highest BCUT2D eigenvalue weighted by atomic mass is 16.5. The Morgan fingerprint density at radius 2 is 1.68 bits per heavy atom. The average molecular weight is 271 g/mol. The predicted molar refractivity (Wildman–Crippen MR) is 81.0 cm³/mol. The van der Waals surface area contributed by atoms with Crippen molar-refractivity contribution in [1.29, 1.82) is 0 Å². The van der Waals surface area contributed by atoms with Gasteiger partial charge in [0, 0.05) is 6.42 Å². The second-order valence-corrected chi connectivity index (χ2v) is 6.19. The number of rotatable bonds is 12. The van der Waals surface area contributed by atoms with Gasteiger partial charge in [-0.15, -0.1) is 0 Å². The van der Waals surface area contributed by atoms with Crippen LogP contribution in [0, 0.1) is 5.41 Å². The number of hydrogen-bond acceptors (Lipinski definition) is 3. The first-order valence-corrected chi connectivity index (χ1v) is 7.87. The van der Waals surface area contributed by atoms with Gasteiger partial charge in [0.25, 0.3) is 0 Å². The van der Waals surface area contributed by atoms with Crippen molar-refractivity contribution in [2.45, 2.75) is 78.6 Å². The molecule has 0 aliphatic heterocycles. The van der Waals surface area contributed by atoms with Crippen LogP contribution in [-0.4, -0.2) is 19.1 Å². The summed E-state index contributed by atoms with van der Waals surface area (Å²) < 4.78 is 5.25. The molecule has 3 heteroatoms. The summed E-state index contributed by atoms with van der Waals surface area (Å²) in [7, 11) is 0. The van der Waals surface area contributed by atoms with Crippen molar-refractivity contribution >= 4 is 5.97 Å². The molecule has 0 aromatic rings. The summed E-state index contributed by atoms with van der Waals surface area (Å²) in [6, 6.07) is 0. The lowest BCUT2D eigenvalue weighted by Crippen LogP contribution is -2.19. The van der Waals surface area contributed by atoms with Gasteiger partial charge in [0.15, 0.2) is 0 Å². The second kappa shape index (κ2) is 11.3. The summed E-state index contributed by atoms with van der Waals surface area (Å²) in [4.78, 5) is 11.6. The third-order valence-electron chi connectivity index (χ3n) is 3.59. The SMILES string of the molecule is CCCCCCCCOC(=O)CCC(C)(C)CCN. The number of carbonyl (C=O) groups is 1. The van der Waals surface area contributed by atoms with Crippen molar-refractivity contribution in [1.82, 2.24) is 0 Å². The lowest BCUT2D eigenvalue weighted by atomic mass is 9.84. The first-order chi connectivity index (χ1) is 9.02. The van der Waals surface area contributed by atoms with Gasteiger partial charge in [-0.1, -0.05) is 52.9 Å². The summed E-state index contributed by atoms with van der Waals surface area (Å²) in [5, 5.41) is 0. The maximum absolute atomic E-state index is 11.6. The molecular weight excluding hydrogens is 238 g/mol. The van der Waals surface area contributed by atoms with E-state index in [1.807, 2.05) is 0 Å². The van der Waals surface area contributed by atoms with E-state index in [0.29, 0.717) is 19.6 Å². The number of esters is 1. The summed E-state index contributed by atoms with van der Waals surface area (Å²) in [5.41, 5.74) is 5.70. The predicted octanol–water partition coefficient (Wildman–Crippen LogP) is 4.05. The molecule has 0 saturated heterocycles. The van der Waals surface area contributed by atoms with Gasteiger partial charge in [-0.2, -0.15) is 0 Å². The van der Waals surface area contributed by atoms with Crippen LogP contribution < -0.4 is 5.73 Å². The summed E-state index contributed by atoms with van der Waals surface area (Å²) in [6.07, 6.45) is 9.66. The Morgan fingerprint density at radius 3 is 2.32 bits per heavy atom. The van der Waals surface area contributed by atoms with Crippen LogP contribution in [0.25, 0.3) is 0 Å². The van der Waals surface area contributed by atoms with Gasteiger partial charge < -0.3 is 10.5 Å². The number of carbonyl (C=O) groups excluding carboxylic acids is 1. The Morgan fingerprint density at radius 1 is 1.05 bits per heavy atom. The molecule has 0 aliphatic carbocycles. The molecular formula is C16H33NO2. The van der Waals surface area contributed by atoms with Crippen LogP contribution in [0.4, 0.5) is 0 Å². The molecule has 0 bridgehead atoms. The van der Waals surface area contributed by atoms with Gasteiger partial charge in [-0.25, -0.2) is 0 Å². The highest BCUT2D eigenvalue weighted by molar-refractivity contribution is 5.69. The smallest absolute Gasteiger partial charge is 0.305 e. The maximum Gasteiger partial charge on any atom is 0.305 e. The van der Waals surface area contributed by atoms with Crippen molar-refractivity contribution in [2.75, 3.05) is 13.2 Å². The fourth-order valence-corrected chi connectivity index (χ4v) is 2.10. The fraction of sp³-hybridized carbons (Fsp3) is 0.938. The number of hydrogen-bond donors (Lipinski definition) is 1. The van der Waals surface area contributed by atoms with E-state index in [1.165, 1.54) is 32.1 Å². The summed E-state index contributed by atoms with van der Waals surface area (Å²) in [6.45, 7) is 7.79. The highest BCUT2D eigenvalue weighted by Gasteiger charge is 2.18. The molecule has 0 unspecified atom stereocenters. The molecule has 19 heavy (non-hydrogen) atoms. The molecule has 0 rings (SSSR count). The molecule has 0 aromatic heterocycles. The van der Waals surface area contributed by atoms with Crippen LogP contribution >= 0.6 is 0 Å². The van der Waals surface area contributed by atoms with Gasteiger partial charge in [0.2, 0.25) is 0 Å². The van der Waals surface area contributed by atoms with Gasteiger partial charge >= 0.3 is 5.97 Å². The van der Waals surface area contributed by atoms with Gasteiger partial charge in [0.05, 0.1) is 6.61 Å². The molecule has 0 aliphatic rings. The van der Waals surface area contributed by atoms with Gasteiger partial charge in [0.1, 0.15) is 0 Å². The average Bonchev–Trinajstić information content (AvgIpc) is 2.35. The Labute approximate surface area is 119 Å². The van der Waals surface area contributed by atoms with Crippen LogP contribution in [0.1, 0.15) is 78.6 Å². The minimum absolute atomic E-state index is 0.0568. The lowest BCUT2D eigenvalue weighted by molar-refractivity contribution is -0.144. The minimum atomic E-state index is -0.0568. The fourth-order valence-electron chi connectivity index (χ4n) is 2.10. The Kier molecular flexibility index (Phi) is 10.9. The van der Waals surface area contributed by atoms with Crippen LogP contribution in [0.2, 0.25) is 0 Å². The molecule has 0 fully saturated rings. The molecule has 114 valence electrons. The Hall–Kier alpha value is -0.570. The van der Waals surface area contributed by atoms with E-state index < -0.39 is 0 Å². The molecule has 0 spiro atoms. The maximum atomic E-state index is 11.6. The standard InChI is InChI=1S/C16H33NO2/c1-4-5-6-7-8-9-14-19-15(18)10-11-16(2,3)12-13-17/h4-14,17H2,1-3H3. The molecule has 0 saturated carbocycles. The second-order valence-electron chi connectivity index (χ2n) is 6.19. The van der Waals surface area contributed by atoms with Crippen molar-refractivity contribution in [3.63, 3.8) is 0 Å². The first-order valence-electron chi connectivity index (χ1n) is 7.87. The van der Waals surface area contributed by atoms with Crippen molar-refractivity contribution in [3.8, 4) is 0 Å². The van der Waals surface area contributed by atoms with E-state index in [-0.39, 0.29) is 11.4 Å². The van der Waals surface area contributed by atoms with Crippen LogP contribution in [0.3, 0.4) is 0 Å².